The quantitative estimate of drug-likeness (QED) is 0.795. The molecule has 1 aliphatic rings. The van der Waals surface area contributed by atoms with Crippen LogP contribution in [0.3, 0.4) is 0 Å². The average molecular weight is 295 g/mol. The van der Waals surface area contributed by atoms with E-state index in [9.17, 15) is 18.0 Å². The van der Waals surface area contributed by atoms with Crippen LogP contribution in [0.25, 0.3) is 0 Å². The fraction of sp³-hybridized carbons (Fsp3) is 0.800. The van der Waals surface area contributed by atoms with Gasteiger partial charge >= 0.3 is 5.97 Å². The third-order valence-corrected chi connectivity index (χ3v) is 6.40. The van der Waals surface area contributed by atoms with Gasteiger partial charge in [0, 0.05) is 19.2 Å². The standard InChI is InChI=1S/C10H17NO5S2/c1-7(6-17-8(2)12)18(15,16)11-5-3-4-9(11)10(13)14/h7,9H,3-6H2,1-2H3,(H,13,14)/t7?,9-/m0/s1. The summed E-state index contributed by atoms with van der Waals surface area (Å²) in [5.74, 6) is -0.956. The smallest absolute Gasteiger partial charge is 0.322 e. The molecule has 0 saturated carbocycles. The first-order chi connectivity index (χ1) is 8.26. The van der Waals surface area contributed by atoms with Crippen LogP contribution in [0.5, 0.6) is 0 Å². The SMILES string of the molecule is CC(=O)SCC(C)S(=O)(=O)N1CCC[C@H]1C(=O)O. The molecule has 18 heavy (non-hydrogen) atoms. The molecule has 0 aliphatic carbocycles. The summed E-state index contributed by atoms with van der Waals surface area (Å²) in [6.45, 7) is 3.12. The van der Waals surface area contributed by atoms with Crippen molar-refractivity contribution < 1.29 is 23.1 Å². The molecule has 2 atom stereocenters. The van der Waals surface area contributed by atoms with Crippen molar-refractivity contribution >= 4 is 32.9 Å². The van der Waals surface area contributed by atoms with Gasteiger partial charge in [0.25, 0.3) is 0 Å². The summed E-state index contributed by atoms with van der Waals surface area (Å²) in [6, 6.07) is -0.959. The number of rotatable bonds is 5. The Balaban J connectivity index is 2.79. The molecule has 104 valence electrons. The minimum Gasteiger partial charge on any atom is -0.480 e. The number of sulfonamides is 1. The highest BCUT2D eigenvalue weighted by Gasteiger charge is 2.41. The van der Waals surface area contributed by atoms with Crippen molar-refractivity contribution in [2.24, 2.45) is 0 Å². The third-order valence-electron chi connectivity index (χ3n) is 2.85. The number of carbonyl (C=O) groups excluding carboxylic acids is 1. The Morgan fingerprint density at radius 2 is 2.11 bits per heavy atom. The van der Waals surface area contributed by atoms with E-state index in [0.717, 1.165) is 16.1 Å². The van der Waals surface area contributed by atoms with E-state index in [1.165, 1.54) is 13.8 Å². The zero-order chi connectivity index (χ0) is 13.9. The molecular weight excluding hydrogens is 278 g/mol. The largest absolute Gasteiger partial charge is 0.480 e. The van der Waals surface area contributed by atoms with Gasteiger partial charge in [0.2, 0.25) is 10.0 Å². The van der Waals surface area contributed by atoms with Crippen LogP contribution in [0.2, 0.25) is 0 Å². The summed E-state index contributed by atoms with van der Waals surface area (Å²) in [5.41, 5.74) is 0. The second-order valence-corrected chi connectivity index (χ2v) is 7.77. The topological polar surface area (TPSA) is 91.8 Å². The van der Waals surface area contributed by atoms with Gasteiger partial charge < -0.3 is 5.11 Å². The second-order valence-electron chi connectivity index (χ2n) is 4.27. The molecule has 0 amide bonds. The number of hydrogen-bond acceptors (Lipinski definition) is 5. The average Bonchev–Trinajstić information content (AvgIpc) is 2.74. The Morgan fingerprint density at radius 1 is 1.50 bits per heavy atom. The number of aliphatic carboxylic acids is 1. The molecule has 0 aromatic carbocycles. The molecule has 6 nitrogen and oxygen atoms in total. The third kappa shape index (κ3) is 3.46. The Hall–Kier alpha value is -0.600. The molecule has 0 aromatic rings. The number of thioether (sulfide) groups is 1. The molecule has 1 saturated heterocycles. The molecule has 1 rings (SSSR count). The van der Waals surface area contributed by atoms with Gasteiger partial charge in [0.15, 0.2) is 5.12 Å². The van der Waals surface area contributed by atoms with Gasteiger partial charge in [0.1, 0.15) is 6.04 Å². The summed E-state index contributed by atoms with van der Waals surface area (Å²) in [5, 5.41) is 8.08. The Kier molecular flexibility index (Phi) is 5.18. The maximum Gasteiger partial charge on any atom is 0.322 e. The highest BCUT2D eigenvalue weighted by molar-refractivity contribution is 8.14. The zero-order valence-electron chi connectivity index (χ0n) is 10.3. The molecule has 1 heterocycles. The van der Waals surface area contributed by atoms with Crippen molar-refractivity contribution in [3.05, 3.63) is 0 Å². The van der Waals surface area contributed by atoms with E-state index in [1.807, 2.05) is 0 Å². The molecule has 0 spiro atoms. The molecule has 1 aliphatic heterocycles. The predicted octanol–water partition coefficient (Wildman–Crippen LogP) is 0.533. The van der Waals surface area contributed by atoms with Crippen LogP contribution in [-0.2, 0) is 19.6 Å². The van der Waals surface area contributed by atoms with Crippen molar-refractivity contribution in [3.8, 4) is 0 Å². The van der Waals surface area contributed by atoms with Crippen LogP contribution in [0.4, 0.5) is 0 Å². The fourth-order valence-corrected chi connectivity index (χ4v) is 4.60. The predicted molar refractivity (Wildman–Crippen MR) is 68.9 cm³/mol. The van der Waals surface area contributed by atoms with E-state index >= 15 is 0 Å². The summed E-state index contributed by atoms with van der Waals surface area (Å²) in [6.07, 6.45) is 0.907. The molecule has 0 aromatic heterocycles. The number of carbonyl (C=O) groups is 2. The number of nitrogens with zero attached hydrogens (tertiary/aromatic N) is 1. The lowest BCUT2D eigenvalue weighted by molar-refractivity contribution is -0.140. The first kappa shape index (κ1) is 15.5. The van der Waals surface area contributed by atoms with Gasteiger partial charge in [-0.1, -0.05) is 11.8 Å². The fourth-order valence-electron chi connectivity index (χ4n) is 1.84. The van der Waals surface area contributed by atoms with Crippen LogP contribution in [0.1, 0.15) is 26.7 Å². The minimum atomic E-state index is -3.65. The second kappa shape index (κ2) is 6.03. The molecular formula is C10H17NO5S2. The van der Waals surface area contributed by atoms with Crippen LogP contribution in [-0.4, -0.2) is 52.5 Å². The molecule has 1 unspecified atom stereocenters. The van der Waals surface area contributed by atoms with Crippen molar-refractivity contribution in [3.63, 3.8) is 0 Å². The maximum atomic E-state index is 12.2. The molecule has 0 radical (unpaired) electrons. The lowest BCUT2D eigenvalue weighted by Gasteiger charge is -2.24. The van der Waals surface area contributed by atoms with Crippen LogP contribution in [0, 0.1) is 0 Å². The van der Waals surface area contributed by atoms with Crippen molar-refractivity contribution in [1.29, 1.82) is 0 Å². The van der Waals surface area contributed by atoms with E-state index in [4.69, 9.17) is 5.11 Å². The van der Waals surface area contributed by atoms with Gasteiger partial charge in [-0.15, -0.1) is 0 Å². The van der Waals surface area contributed by atoms with E-state index in [0.29, 0.717) is 12.8 Å². The molecule has 8 heteroatoms. The van der Waals surface area contributed by atoms with E-state index < -0.39 is 27.3 Å². The van der Waals surface area contributed by atoms with Crippen LogP contribution in [0.15, 0.2) is 0 Å². The van der Waals surface area contributed by atoms with Crippen molar-refractivity contribution in [2.75, 3.05) is 12.3 Å². The lowest BCUT2D eigenvalue weighted by atomic mass is 10.2. The van der Waals surface area contributed by atoms with E-state index in [-0.39, 0.29) is 17.4 Å². The Morgan fingerprint density at radius 3 is 2.61 bits per heavy atom. The normalized spacial score (nSPS) is 22.9. The van der Waals surface area contributed by atoms with Crippen LogP contribution >= 0.6 is 11.8 Å². The first-order valence-corrected chi connectivity index (χ1v) is 8.12. The Labute approximate surface area is 111 Å². The highest BCUT2D eigenvalue weighted by Crippen LogP contribution is 2.25. The lowest BCUT2D eigenvalue weighted by Crippen LogP contribution is -2.45. The summed E-state index contributed by atoms with van der Waals surface area (Å²) >= 11 is 0.942. The Bertz CT molecular complexity index is 434. The monoisotopic (exact) mass is 295 g/mol. The van der Waals surface area contributed by atoms with Crippen molar-refractivity contribution in [1.82, 2.24) is 4.31 Å². The molecule has 0 bridgehead atoms. The van der Waals surface area contributed by atoms with Crippen molar-refractivity contribution in [2.45, 2.75) is 38.0 Å². The van der Waals surface area contributed by atoms with Crippen LogP contribution < -0.4 is 0 Å². The minimum absolute atomic E-state index is 0.145. The maximum absolute atomic E-state index is 12.2. The summed E-state index contributed by atoms with van der Waals surface area (Å²) in [7, 11) is -3.65. The summed E-state index contributed by atoms with van der Waals surface area (Å²) < 4.78 is 25.5. The van der Waals surface area contributed by atoms with Gasteiger partial charge in [-0.3, -0.25) is 9.59 Å². The van der Waals surface area contributed by atoms with E-state index in [2.05, 4.69) is 0 Å². The van der Waals surface area contributed by atoms with Gasteiger partial charge in [0.05, 0.1) is 5.25 Å². The molecule has 1 N–H and O–H groups in total. The number of carboxylic acid groups (broad SMARTS) is 1. The number of carboxylic acids is 1. The summed E-state index contributed by atoms with van der Waals surface area (Å²) in [4.78, 5) is 21.8. The number of hydrogen-bond donors (Lipinski definition) is 1. The molecule has 1 fully saturated rings. The first-order valence-electron chi connectivity index (χ1n) is 5.63. The van der Waals surface area contributed by atoms with Gasteiger partial charge in [-0.25, -0.2) is 8.42 Å². The van der Waals surface area contributed by atoms with E-state index in [1.54, 1.807) is 0 Å². The highest BCUT2D eigenvalue weighted by atomic mass is 32.2. The van der Waals surface area contributed by atoms with Gasteiger partial charge in [-0.2, -0.15) is 4.31 Å². The van der Waals surface area contributed by atoms with Gasteiger partial charge in [-0.05, 0) is 19.8 Å². The zero-order valence-corrected chi connectivity index (χ0v) is 12.0.